The molecule has 0 aromatic heterocycles. The number of benzene rings is 1. The Labute approximate surface area is 128 Å². The van der Waals surface area contributed by atoms with Crippen molar-refractivity contribution in [1.82, 2.24) is 5.32 Å². The molecular formula is C18H27NO2. The molecule has 0 saturated carbocycles. The second-order valence-electron chi connectivity index (χ2n) is 5.94. The molecule has 1 aliphatic rings. The summed E-state index contributed by atoms with van der Waals surface area (Å²) in [6, 6.07) is 4.74. The smallest absolute Gasteiger partial charge is 0.161 e. The van der Waals surface area contributed by atoms with E-state index in [-0.39, 0.29) is 0 Å². The summed E-state index contributed by atoms with van der Waals surface area (Å²) in [5.74, 6) is 2.05. The van der Waals surface area contributed by atoms with Crippen LogP contribution in [-0.4, -0.2) is 26.8 Å². The van der Waals surface area contributed by atoms with Crippen molar-refractivity contribution in [2.24, 2.45) is 0 Å². The van der Waals surface area contributed by atoms with Crippen LogP contribution >= 0.6 is 0 Å². The molecule has 0 spiro atoms. The Morgan fingerprint density at radius 1 is 1.24 bits per heavy atom. The van der Waals surface area contributed by atoms with E-state index in [9.17, 15) is 0 Å². The zero-order chi connectivity index (χ0) is 15.4. The molecule has 21 heavy (non-hydrogen) atoms. The Balaban J connectivity index is 2.39. The zero-order valence-corrected chi connectivity index (χ0v) is 13.8. The third-order valence-corrected chi connectivity index (χ3v) is 4.05. The van der Waals surface area contributed by atoms with Crippen molar-refractivity contribution in [3.63, 3.8) is 0 Å². The monoisotopic (exact) mass is 289 g/mol. The first-order valence-electron chi connectivity index (χ1n) is 7.73. The van der Waals surface area contributed by atoms with E-state index in [1.165, 1.54) is 16.7 Å². The SMILES string of the molecule is CCCN[C@H]1Cc2cc(OC)c(OC)cc2[C@@H]1C=C(C)C. The van der Waals surface area contributed by atoms with E-state index in [2.05, 4.69) is 44.3 Å². The average molecular weight is 289 g/mol. The number of allylic oxidation sites excluding steroid dienone is 1. The second kappa shape index (κ2) is 6.99. The van der Waals surface area contributed by atoms with Gasteiger partial charge in [-0.05, 0) is 56.5 Å². The first-order valence-corrected chi connectivity index (χ1v) is 7.73. The molecule has 0 aliphatic heterocycles. The highest BCUT2D eigenvalue weighted by Crippen LogP contribution is 2.41. The lowest BCUT2D eigenvalue weighted by atomic mass is 9.95. The molecule has 1 aliphatic carbocycles. The third kappa shape index (κ3) is 3.41. The normalized spacial score (nSPS) is 20.0. The maximum Gasteiger partial charge on any atom is 0.161 e. The number of rotatable bonds is 6. The lowest BCUT2D eigenvalue weighted by molar-refractivity contribution is 0.354. The van der Waals surface area contributed by atoms with Gasteiger partial charge in [-0.15, -0.1) is 0 Å². The van der Waals surface area contributed by atoms with E-state index in [1.807, 2.05) is 0 Å². The van der Waals surface area contributed by atoms with E-state index in [4.69, 9.17) is 9.47 Å². The van der Waals surface area contributed by atoms with Gasteiger partial charge in [-0.25, -0.2) is 0 Å². The lowest BCUT2D eigenvalue weighted by Crippen LogP contribution is -2.32. The van der Waals surface area contributed by atoms with Crippen LogP contribution < -0.4 is 14.8 Å². The molecule has 3 heteroatoms. The van der Waals surface area contributed by atoms with Crippen molar-refractivity contribution >= 4 is 0 Å². The maximum atomic E-state index is 5.47. The van der Waals surface area contributed by atoms with Crippen LogP contribution in [0.3, 0.4) is 0 Å². The maximum absolute atomic E-state index is 5.47. The standard InChI is InChI=1S/C18H27NO2/c1-6-7-19-16-9-13-10-17(20-4)18(21-5)11-14(13)15(16)8-12(2)3/h8,10-11,15-16,19H,6-7,9H2,1-5H3/t15-,16-/m0/s1. The molecule has 1 aromatic rings. The zero-order valence-electron chi connectivity index (χ0n) is 13.8. The van der Waals surface area contributed by atoms with Gasteiger partial charge >= 0.3 is 0 Å². The second-order valence-corrected chi connectivity index (χ2v) is 5.94. The summed E-state index contributed by atoms with van der Waals surface area (Å²) in [6.07, 6.45) is 4.57. The van der Waals surface area contributed by atoms with Gasteiger partial charge in [0.25, 0.3) is 0 Å². The molecule has 2 rings (SSSR count). The van der Waals surface area contributed by atoms with E-state index in [1.54, 1.807) is 14.2 Å². The van der Waals surface area contributed by atoms with Crippen molar-refractivity contribution in [3.8, 4) is 11.5 Å². The van der Waals surface area contributed by atoms with Gasteiger partial charge in [-0.1, -0.05) is 18.6 Å². The molecule has 0 fully saturated rings. The Hall–Kier alpha value is -1.48. The van der Waals surface area contributed by atoms with Crippen LogP contribution in [0.25, 0.3) is 0 Å². The van der Waals surface area contributed by atoms with Crippen LogP contribution in [0.4, 0.5) is 0 Å². The summed E-state index contributed by atoms with van der Waals surface area (Å²) in [6.45, 7) is 7.59. The molecule has 0 amide bonds. The number of hydrogen-bond acceptors (Lipinski definition) is 3. The Morgan fingerprint density at radius 3 is 2.48 bits per heavy atom. The van der Waals surface area contributed by atoms with Crippen LogP contribution in [-0.2, 0) is 6.42 Å². The summed E-state index contributed by atoms with van der Waals surface area (Å²) in [5, 5.41) is 3.68. The Kier molecular flexibility index (Phi) is 5.29. The highest BCUT2D eigenvalue weighted by Gasteiger charge is 2.32. The summed E-state index contributed by atoms with van der Waals surface area (Å²) < 4.78 is 10.9. The first kappa shape index (κ1) is 15.9. The van der Waals surface area contributed by atoms with Gasteiger partial charge in [0, 0.05) is 12.0 Å². The van der Waals surface area contributed by atoms with E-state index in [0.29, 0.717) is 12.0 Å². The highest BCUT2D eigenvalue weighted by atomic mass is 16.5. The van der Waals surface area contributed by atoms with Gasteiger partial charge < -0.3 is 14.8 Å². The summed E-state index contributed by atoms with van der Waals surface area (Å²) in [4.78, 5) is 0. The fourth-order valence-electron chi connectivity index (χ4n) is 3.10. The van der Waals surface area contributed by atoms with Crippen molar-refractivity contribution < 1.29 is 9.47 Å². The summed E-state index contributed by atoms with van der Waals surface area (Å²) in [5.41, 5.74) is 4.08. The Morgan fingerprint density at radius 2 is 1.90 bits per heavy atom. The van der Waals surface area contributed by atoms with Gasteiger partial charge in [-0.2, -0.15) is 0 Å². The molecule has 3 nitrogen and oxygen atoms in total. The summed E-state index contributed by atoms with van der Waals surface area (Å²) in [7, 11) is 3.39. The number of ether oxygens (including phenoxy) is 2. The van der Waals surface area contributed by atoms with Gasteiger partial charge in [-0.3, -0.25) is 0 Å². The van der Waals surface area contributed by atoms with Gasteiger partial charge in [0.15, 0.2) is 11.5 Å². The van der Waals surface area contributed by atoms with Crippen LogP contribution in [0.5, 0.6) is 11.5 Å². The van der Waals surface area contributed by atoms with Crippen molar-refractivity contribution in [1.29, 1.82) is 0 Å². The van der Waals surface area contributed by atoms with Crippen LogP contribution in [0.15, 0.2) is 23.8 Å². The predicted octanol–water partition coefficient (Wildman–Crippen LogP) is 3.68. The molecule has 1 aromatic carbocycles. The van der Waals surface area contributed by atoms with E-state index >= 15 is 0 Å². The molecular weight excluding hydrogens is 262 g/mol. The van der Waals surface area contributed by atoms with Crippen LogP contribution in [0, 0.1) is 0 Å². The molecule has 0 bridgehead atoms. The predicted molar refractivity (Wildman–Crippen MR) is 87.5 cm³/mol. The van der Waals surface area contributed by atoms with Crippen LogP contribution in [0.1, 0.15) is 44.2 Å². The largest absolute Gasteiger partial charge is 0.493 e. The fraction of sp³-hybridized carbons (Fsp3) is 0.556. The van der Waals surface area contributed by atoms with Gasteiger partial charge in [0.2, 0.25) is 0 Å². The topological polar surface area (TPSA) is 30.5 Å². The Bertz CT molecular complexity index is 518. The molecule has 2 atom stereocenters. The molecule has 0 heterocycles. The molecule has 0 unspecified atom stereocenters. The number of nitrogens with one attached hydrogen (secondary N) is 1. The lowest BCUT2D eigenvalue weighted by Gasteiger charge is -2.19. The molecule has 1 N–H and O–H groups in total. The minimum Gasteiger partial charge on any atom is -0.493 e. The number of fused-ring (bicyclic) bond motifs is 1. The van der Waals surface area contributed by atoms with Crippen molar-refractivity contribution in [3.05, 3.63) is 34.9 Å². The highest BCUT2D eigenvalue weighted by molar-refractivity contribution is 5.53. The molecule has 116 valence electrons. The van der Waals surface area contributed by atoms with E-state index < -0.39 is 0 Å². The van der Waals surface area contributed by atoms with Crippen molar-refractivity contribution in [2.75, 3.05) is 20.8 Å². The van der Waals surface area contributed by atoms with Gasteiger partial charge in [0.1, 0.15) is 0 Å². The average Bonchev–Trinajstić information content (AvgIpc) is 2.80. The minimum atomic E-state index is 0.413. The quantitative estimate of drug-likeness (QED) is 0.810. The van der Waals surface area contributed by atoms with Crippen molar-refractivity contribution in [2.45, 2.75) is 45.6 Å². The number of hydrogen-bond donors (Lipinski definition) is 1. The fourth-order valence-corrected chi connectivity index (χ4v) is 3.10. The van der Waals surface area contributed by atoms with E-state index in [0.717, 1.165) is 30.9 Å². The first-order chi connectivity index (χ1) is 10.1. The van der Waals surface area contributed by atoms with Crippen LogP contribution in [0.2, 0.25) is 0 Å². The molecule has 0 radical (unpaired) electrons. The summed E-state index contributed by atoms with van der Waals surface area (Å²) >= 11 is 0. The van der Waals surface area contributed by atoms with Gasteiger partial charge in [0.05, 0.1) is 14.2 Å². The number of methoxy groups -OCH3 is 2. The third-order valence-electron chi connectivity index (χ3n) is 4.05. The molecule has 0 saturated heterocycles. The minimum absolute atomic E-state index is 0.413.